The van der Waals surface area contributed by atoms with Crippen LogP contribution < -0.4 is 9.80 Å². The van der Waals surface area contributed by atoms with Crippen LogP contribution in [0.3, 0.4) is 0 Å². The molecule has 0 unspecified atom stereocenters. The second-order valence-corrected chi connectivity index (χ2v) is 10.4. The fourth-order valence-electron chi connectivity index (χ4n) is 5.49. The number of nitrogens with zero attached hydrogens (tertiary/aromatic N) is 5. The van der Waals surface area contributed by atoms with Gasteiger partial charge < -0.3 is 9.80 Å². The molecule has 0 aromatic carbocycles. The van der Waals surface area contributed by atoms with Crippen molar-refractivity contribution in [3.05, 3.63) is 46.3 Å². The maximum absolute atomic E-state index is 13.3. The van der Waals surface area contributed by atoms with E-state index in [0.29, 0.717) is 49.0 Å². The van der Waals surface area contributed by atoms with E-state index in [4.69, 9.17) is 4.98 Å². The summed E-state index contributed by atoms with van der Waals surface area (Å²) in [5, 5.41) is 0. The second-order valence-electron chi connectivity index (χ2n) is 10.4. The van der Waals surface area contributed by atoms with E-state index >= 15 is 0 Å². The minimum absolute atomic E-state index is 0.0274. The lowest BCUT2D eigenvalue weighted by molar-refractivity contribution is -0.117. The molecule has 2 amide bonds. The number of aromatic nitrogens is 2. The largest absolute Gasteiger partial charge is 0.353 e. The molecule has 7 heteroatoms. The van der Waals surface area contributed by atoms with E-state index in [-0.39, 0.29) is 11.8 Å². The number of carbonyl (C=O) groups is 2. The van der Waals surface area contributed by atoms with Crippen molar-refractivity contribution < 1.29 is 9.59 Å². The van der Waals surface area contributed by atoms with Crippen molar-refractivity contribution >= 4 is 23.5 Å². The van der Waals surface area contributed by atoms with E-state index in [1.54, 1.807) is 4.90 Å². The van der Waals surface area contributed by atoms with Crippen molar-refractivity contribution in [1.82, 2.24) is 14.9 Å². The van der Waals surface area contributed by atoms with Gasteiger partial charge in [0.1, 0.15) is 11.6 Å². The smallest absolute Gasteiger partial charge is 0.255 e. The fraction of sp³-hybridized carbons (Fsp3) is 0.556. The number of hydrogen-bond donors (Lipinski definition) is 0. The van der Waals surface area contributed by atoms with Crippen molar-refractivity contribution in [2.24, 2.45) is 0 Å². The minimum atomic E-state index is 0.0274. The van der Waals surface area contributed by atoms with Crippen molar-refractivity contribution in [2.45, 2.75) is 64.2 Å². The van der Waals surface area contributed by atoms with Gasteiger partial charge in [0.2, 0.25) is 5.91 Å². The number of anilines is 2. The SMILES string of the molecule is Cc1nc(N2CCCC2=O)ccc1C(=O)N1CCN(c2nc(C)c(C3CC3)cc2C2CC2)CC1. The predicted molar refractivity (Wildman–Crippen MR) is 132 cm³/mol. The van der Waals surface area contributed by atoms with Crippen molar-refractivity contribution in [3.8, 4) is 0 Å². The molecule has 2 aromatic rings. The summed E-state index contributed by atoms with van der Waals surface area (Å²) in [5.41, 5.74) is 5.39. The van der Waals surface area contributed by atoms with Crippen LogP contribution in [0.2, 0.25) is 0 Å². The monoisotopic (exact) mass is 459 g/mol. The van der Waals surface area contributed by atoms with Crippen molar-refractivity contribution in [3.63, 3.8) is 0 Å². The lowest BCUT2D eigenvalue weighted by Gasteiger charge is -2.37. The molecule has 0 bridgehead atoms. The first-order valence-electron chi connectivity index (χ1n) is 12.8. The van der Waals surface area contributed by atoms with Gasteiger partial charge in [0.25, 0.3) is 5.91 Å². The van der Waals surface area contributed by atoms with E-state index in [9.17, 15) is 9.59 Å². The Labute approximate surface area is 201 Å². The third kappa shape index (κ3) is 3.95. The molecule has 0 spiro atoms. The molecule has 2 saturated carbocycles. The van der Waals surface area contributed by atoms with Gasteiger partial charge in [0.05, 0.1) is 11.3 Å². The van der Waals surface area contributed by atoms with Gasteiger partial charge in [-0.2, -0.15) is 0 Å². The zero-order valence-electron chi connectivity index (χ0n) is 20.2. The number of aryl methyl sites for hydroxylation is 2. The van der Waals surface area contributed by atoms with E-state index < -0.39 is 0 Å². The van der Waals surface area contributed by atoms with Gasteiger partial charge >= 0.3 is 0 Å². The Morgan fingerprint density at radius 3 is 2.21 bits per heavy atom. The molecule has 2 aliphatic heterocycles. The van der Waals surface area contributed by atoms with E-state index in [2.05, 4.69) is 22.9 Å². The Bertz CT molecular complexity index is 1150. The Balaban J connectivity index is 1.16. The number of hydrogen-bond acceptors (Lipinski definition) is 5. The summed E-state index contributed by atoms with van der Waals surface area (Å²) < 4.78 is 0. The normalized spacial score (nSPS) is 20.9. The molecule has 2 aliphatic carbocycles. The molecule has 178 valence electrons. The molecule has 7 nitrogen and oxygen atoms in total. The summed E-state index contributed by atoms with van der Waals surface area (Å²) in [6, 6.07) is 6.10. The third-order valence-corrected chi connectivity index (χ3v) is 7.81. The number of amides is 2. The Kier molecular flexibility index (Phi) is 5.30. The van der Waals surface area contributed by atoms with E-state index in [1.807, 2.05) is 24.0 Å². The lowest BCUT2D eigenvalue weighted by atomic mass is 10.0. The van der Waals surface area contributed by atoms with Crippen molar-refractivity contribution in [1.29, 1.82) is 0 Å². The first kappa shape index (κ1) is 21.6. The summed E-state index contributed by atoms with van der Waals surface area (Å²) in [6.45, 7) is 7.69. The standard InChI is InChI=1S/C27H33N5O2/c1-17-21(9-10-24(28-17)32-11-3-4-25(32)33)27(34)31-14-12-30(13-15-31)26-23(20-7-8-20)16-22(18(2)29-26)19-5-6-19/h9-10,16,19-20H,3-8,11-15H2,1-2H3. The fourth-order valence-corrected chi connectivity index (χ4v) is 5.49. The predicted octanol–water partition coefficient (Wildman–Crippen LogP) is 3.94. The molecule has 6 rings (SSSR count). The van der Waals surface area contributed by atoms with Crippen LogP contribution in [0, 0.1) is 13.8 Å². The molecule has 4 heterocycles. The second kappa shape index (κ2) is 8.36. The molecular formula is C27H33N5O2. The van der Waals surface area contributed by atoms with Crippen LogP contribution in [0.4, 0.5) is 11.6 Å². The zero-order valence-corrected chi connectivity index (χ0v) is 20.2. The Morgan fingerprint density at radius 2 is 1.59 bits per heavy atom. The summed E-state index contributed by atoms with van der Waals surface area (Å²) >= 11 is 0. The van der Waals surface area contributed by atoms with Gasteiger partial charge in [-0.15, -0.1) is 0 Å². The van der Waals surface area contributed by atoms with E-state index in [1.165, 1.54) is 42.5 Å². The van der Waals surface area contributed by atoms with Gasteiger partial charge in [-0.05, 0) is 87.1 Å². The highest BCUT2D eigenvalue weighted by atomic mass is 16.2. The lowest BCUT2D eigenvalue weighted by Crippen LogP contribution is -2.49. The van der Waals surface area contributed by atoms with Crippen LogP contribution in [0.1, 0.15) is 83.2 Å². The van der Waals surface area contributed by atoms with Crippen LogP contribution in [0.15, 0.2) is 18.2 Å². The van der Waals surface area contributed by atoms with Crippen LogP contribution in [-0.2, 0) is 4.79 Å². The minimum Gasteiger partial charge on any atom is -0.353 e. The molecule has 0 radical (unpaired) electrons. The maximum atomic E-state index is 13.3. The van der Waals surface area contributed by atoms with Crippen LogP contribution in [0.25, 0.3) is 0 Å². The molecule has 0 atom stereocenters. The molecule has 2 aromatic heterocycles. The van der Waals surface area contributed by atoms with Crippen LogP contribution >= 0.6 is 0 Å². The number of pyridine rings is 2. The topological polar surface area (TPSA) is 69.6 Å². The Morgan fingerprint density at radius 1 is 0.882 bits per heavy atom. The average Bonchev–Trinajstić information content (AvgIpc) is 3.77. The maximum Gasteiger partial charge on any atom is 0.255 e. The molecule has 34 heavy (non-hydrogen) atoms. The molecular weight excluding hydrogens is 426 g/mol. The summed E-state index contributed by atoms with van der Waals surface area (Å²) in [4.78, 5) is 41.1. The molecule has 4 fully saturated rings. The molecule has 0 N–H and O–H groups in total. The summed E-state index contributed by atoms with van der Waals surface area (Å²) in [5.74, 6) is 3.33. The number of carbonyl (C=O) groups excluding carboxylic acids is 2. The van der Waals surface area contributed by atoms with Gasteiger partial charge in [-0.3, -0.25) is 14.5 Å². The zero-order chi connectivity index (χ0) is 23.4. The molecule has 2 saturated heterocycles. The highest BCUT2D eigenvalue weighted by molar-refractivity contribution is 5.97. The van der Waals surface area contributed by atoms with Crippen molar-refractivity contribution in [2.75, 3.05) is 42.5 Å². The summed E-state index contributed by atoms with van der Waals surface area (Å²) in [7, 11) is 0. The number of rotatable bonds is 5. The quantitative estimate of drug-likeness (QED) is 0.678. The first-order chi connectivity index (χ1) is 16.5. The van der Waals surface area contributed by atoms with Crippen LogP contribution in [0.5, 0.6) is 0 Å². The average molecular weight is 460 g/mol. The van der Waals surface area contributed by atoms with Gasteiger partial charge in [-0.25, -0.2) is 9.97 Å². The van der Waals surface area contributed by atoms with Gasteiger partial charge in [-0.1, -0.05) is 0 Å². The highest BCUT2D eigenvalue weighted by Gasteiger charge is 2.34. The summed E-state index contributed by atoms with van der Waals surface area (Å²) in [6.07, 6.45) is 6.58. The Hall–Kier alpha value is -2.96. The van der Waals surface area contributed by atoms with Crippen LogP contribution in [-0.4, -0.2) is 59.4 Å². The first-order valence-corrected chi connectivity index (χ1v) is 12.8. The van der Waals surface area contributed by atoms with Gasteiger partial charge in [0, 0.05) is 44.8 Å². The third-order valence-electron chi connectivity index (χ3n) is 7.81. The number of piperazine rings is 1. The van der Waals surface area contributed by atoms with Gasteiger partial charge in [0.15, 0.2) is 0 Å². The molecule has 4 aliphatic rings. The van der Waals surface area contributed by atoms with E-state index in [0.717, 1.165) is 31.2 Å². The highest BCUT2D eigenvalue weighted by Crippen LogP contribution is 2.48.